The molecule has 0 aliphatic carbocycles. The van der Waals surface area contributed by atoms with E-state index in [2.05, 4.69) is 20.8 Å². The van der Waals surface area contributed by atoms with Crippen LogP contribution in [0.2, 0.25) is 18.1 Å². The first kappa shape index (κ1) is 18.6. The van der Waals surface area contributed by atoms with Crippen molar-refractivity contribution in [1.82, 2.24) is 0 Å². The minimum atomic E-state index is -1.72. The third kappa shape index (κ3) is 6.54. The molecule has 0 saturated carbocycles. The highest BCUT2D eigenvalue weighted by atomic mass is 28.4. The van der Waals surface area contributed by atoms with Crippen LogP contribution < -0.4 is 0 Å². The Labute approximate surface area is 118 Å². The van der Waals surface area contributed by atoms with Gasteiger partial charge < -0.3 is 14.3 Å². The summed E-state index contributed by atoms with van der Waals surface area (Å²) in [5.74, 6) is -0.258. The molecular formula is C14H30O4Si. The number of ether oxygens (including phenoxy) is 1. The lowest BCUT2D eigenvalue weighted by atomic mass is 10.0. The molecule has 0 aromatic carbocycles. The predicted molar refractivity (Wildman–Crippen MR) is 79.6 cm³/mol. The van der Waals surface area contributed by atoms with Gasteiger partial charge in [0.15, 0.2) is 8.32 Å². The summed E-state index contributed by atoms with van der Waals surface area (Å²) >= 11 is 0. The second kappa shape index (κ2) is 8.71. The van der Waals surface area contributed by atoms with E-state index in [0.717, 1.165) is 24.6 Å². The third-order valence-corrected chi connectivity index (χ3v) is 8.68. The molecule has 0 aromatic heterocycles. The van der Waals surface area contributed by atoms with E-state index >= 15 is 0 Å². The maximum atomic E-state index is 10.7. The molecule has 5 heteroatoms. The number of hydrogen-bond acceptors (Lipinski definition) is 4. The van der Waals surface area contributed by atoms with E-state index in [4.69, 9.17) is 9.16 Å². The van der Waals surface area contributed by atoms with E-state index in [1.165, 1.54) is 6.92 Å². The number of aliphatic hydroxyl groups is 1. The first-order chi connectivity index (χ1) is 8.87. The van der Waals surface area contributed by atoms with Gasteiger partial charge in [-0.15, -0.1) is 0 Å². The molecule has 1 N–H and O–H groups in total. The van der Waals surface area contributed by atoms with E-state index in [9.17, 15) is 9.90 Å². The molecule has 4 nitrogen and oxygen atoms in total. The molecule has 0 rings (SSSR count). The Bertz CT molecular complexity index is 258. The smallest absolute Gasteiger partial charge is 0.302 e. The van der Waals surface area contributed by atoms with Crippen LogP contribution in [-0.2, 0) is 14.0 Å². The molecular weight excluding hydrogens is 260 g/mol. The topological polar surface area (TPSA) is 55.8 Å². The molecule has 1 unspecified atom stereocenters. The molecule has 0 bridgehead atoms. The van der Waals surface area contributed by atoms with Crippen LogP contribution in [-0.4, -0.2) is 38.2 Å². The molecule has 0 saturated heterocycles. The standard InChI is InChI=1S/C14H30O4Si/c1-6-19(7-2,8-3)18-14(5,12-15)10-9-11-17-13(4)16/h15H,6-12H2,1-5H3. The van der Waals surface area contributed by atoms with Crippen molar-refractivity contribution in [3.8, 4) is 0 Å². The Kier molecular flexibility index (Phi) is 8.53. The summed E-state index contributed by atoms with van der Waals surface area (Å²) in [5.41, 5.74) is -0.506. The largest absolute Gasteiger partial charge is 0.466 e. The lowest BCUT2D eigenvalue weighted by Gasteiger charge is -2.39. The molecule has 19 heavy (non-hydrogen) atoms. The van der Waals surface area contributed by atoms with Crippen LogP contribution in [0.3, 0.4) is 0 Å². The average molecular weight is 290 g/mol. The highest BCUT2D eigenvalue weighted by Gasteiger charge is 2.37. The van der Waals surface area contributed by atoms with Crippen molar-refractivity contribution in [2.24, 2.45) is 0 Å². The molecule has 0 radical (unpaired) electrons. The molecule has 0 aliphatic rings. The second-order valence-electron chi connectivity index (χ2n) is 5.40. The molecule has 0 aliphatic heterocycles. The fraction of sp³-hybridized carbons (Fsp3) is 0.929. The van der Waals surface area contributed by atoms with Gasteiger partial charge in [-0.1, -0.05) is 20.8 Å². The number of rotatable bonds is 10. The molecule has 1 atom stereocenters. The van der Waals surface area contributed by atoms with Crippen LogP contribution in [0, 0.1) is 0 Å². The quantitative estimate of drug-likeness (QED) is 0.381. The summed E-state index contributed by atoms with van der Waals surface area (Å²) in [6.07, 6.45) is 1.43. The van der Waals surface area contributed by atoms with Gasteiger partial charge in [0.2, 0.25) is 0 Å². The average Bonchev–Trinajstić information content (AvgIpc) is 2.41. The van der Waals surface area contributed by atoms with Gasteiger partial charge in [0.1, 0.15) is 0 Å². The number of esters is 1. The number of carbonyl (C=O) groups excluding carboxylic acids is 1. The normalized spacial score (nSPS) is 15.1. The van der Waals surface area contributed by atoms with E-state index in [1.54, 1.807) is 0 Å². The van der Waals surface area contributed by atoms with Crippen molar-refractivity contribution in [3.05, 3.63) is 0 Å². The van der Waals surface area contributed by atoms with Gasteiger partial charge in [-0.25, -0.2) is 0 Å². The Morgan fingerprint density at radius 2 is 1.74 bits per heavy atom. The maximum absolute atomic E-state index is 10.7. The van der Waals surface area contributed by atoms with Gasteiger partial charge in [0.05, 0.1) is 18.8 Å². The molecule has 0 fully saturated rings. The Hall–Kier alpha value is -0.393. The summed E-state index contributed by atoms with van der Waals surface area (Å²) in [4.78, 5) is 10.7. The van der Waals surface area contributed by atoms with Crippen molar-refractivity contribution >= 4 is 14.3 Å². The van der Waals surface area contributed by atoms with Gasteiger partial charge in [-0.05, 0) is 37.9 Å². The molecule has 0 aromatic rings. The first-order valence-electron chi connectivity index (χ1n) is 7.31. The van der Waals surface area contributed by atoms with Gasteiger partial charge in [-0.2, -0.15) is 0 Å². The lowest BCUT2D eigenvalue weighted by Crippen LogP contribution is -2.47. The number of hydrogen-bond donors (Lipinski definition) is 1. The van der Waals surface area contributed by atoms with Crippen molar-refractivity contribution in [2.45, 2.75) is 71.2 Å². The van der Waals surface area contributed by atoms with Crippen LogP contribution >= 0.6 is 0 Å². The van der Waals surface area contributed by atoms with Gasteiger partial charge in [0, 0.05) is 6.92 Å². The summed E-state index contributed by atoms with van der Waals surface area (Å²) in [6.45, 7) is 10.3. The van der Waals surface area contributed by atoms with E-state index in [-0.39, 0.29) is 12.6 Å². The molecule has 0 amide bonds. The van der Waals surface area contributed by atoms with Gasteiger partial charge >= 0.3 is 5.97 Å². The first-order valence-corrected chi connectivity index (χ1v) is 9.84. The molecule has 114 valence electrons. The van der Waals surface area contributed by atoms with Crippen molar-refractivity contribution in [2.75, 3.05) is 13.2 Å². The lowest BCUT2D eigenvalue weighted by molar-refractivity contribution is -0.141. The fourth-order valence-corrected chi connectivity index (χ4v) is 5.46. The SMILES string of the molecule is CC[Si](CC)(CC)OC(C)(CO)CCCOC(C)=O. The Morgan fingerprint density at radius 1 is 1.21 bits per heavy atom. The zero-order valence-electron chi connectivity index (χ0n) is 13.1. The van der Waals surface area contributed by atoms with E-state index in [0.29, 0.717) is 13.0 Å². The van der Waals surface area contributed by atoms with Crippen LogP contribution in [0.15, 0.2) is 0 Å². The maximum Gasteiger partial charge on any atom is 0.302 e. The third-order valence-electron chi connectivity index (χ3n) is 3.89. The Balaban J connectivity index is 4.46. The van der Waals surface area contributed by atoms with Crippen molar-refractivity contribution < 1.29 is 19.1 Å². The van der Waals surface area contributed by atoms with E-state index < -0.39 is 13.9 Å². The second-order valence-corrected chi connectivity index (χ2v) is 10.1. The number of aliphatic hydroxyl groups excluding tert-OH is 1. The minimum absolute atomic E-state index is 0.0157. The van der Waals surface area contributed by atoms with Crippen LogP contribution in [0.5, 0.6) is 0 Å². The molecule has 0 heterocycles. The summed E-state index contributed by atoms with van der Waals surface area (Å²) in [5, 5.41) is 9.63. The monoisotopic (exact) mass is 290 g/mol. The van der Waals surface area contributed by atoms with Crippen molar-refractivity contribution in [3.63, 3.8) is 0 Å². The fourth-order valence-electron chi connectivity index (χ4n) is 2.31. The van der Waals surface area contributed by atoms with Crippen molar-refractivity contribution in [1.29, 1.82) is 0 Å². The van der Waals surface area contributed by atoms with Crippen LogP contribution in [0.4, 0.5) is 0 Å². The van der Waals surface area contributed by atoms with Gasteiger partial charge in [0.25, 0.3) is 0 Å². The van der Waals surface area contributed by atoms with Crippen LogP contribution in [0.1, 0.15) is 47.5 Å². The zero-order chi connectivity index (χ0) is 14.9. The summed E-state index contributed by atoms with van der Waals surface area (Å²) < 4.78 is 11.3. The number of carbonyl (C=O) groups is 1. The van der Waals surface area contributed by atoms with Gasteiger partial charge in [-0.3, -0.25) is 4.79 Å². The summed E-state index contributed by atoms with van der Waals surface area (Å²) in [7, 11) is -1.72. The zero-order valence-corrected chi connectivity index (χ0v) is 14.1. The molecule has 0 spiro atoms. The highest BCUT2D eigenvalue weighted by Crippen LogP contribution is 2.30. The highest BCUT2D eigenvalue weighted by molar-refractivity contribution is 6.73. The summed E-state index contributed by atoms with van der Waals surface area (Å²) in [6, 6.07) is 3.21. The minimum Gasteiger partial charge on any atom is -0.466 e. The van der Waals surface area contributed by atoms with E-state index in [1.807, 2.05) is 6.92 Å². The Morgan fingerprint density at radius 3 is 2.11 bits per heavy atom. The predicted octanol–water partition coefficient (Wildman–Crippen LogP) is 3.10. The van der Waals surface area contributed by atoms with Crippen LogP contribution in [0.25, 0.3) is 0 Å².